The van der Waals surface area contributed by atoms with Crippen molar-refractivity contribution >= 4 is 0 Å². The molecule has 0 radical (unpaired) electrons. The van der Waals surface area contributed by atoms with Crippen LogP contribution in [0.3, 0.4) is 0 Å². The average Bonchev–Trinajstić information content (AvgIpc) is 2.81. The summed E-state index contributed by atoms with van der Waals surface area (Å²) in [6, 6.07) is 0. The molecule has 0 amide bonds. The van der Waals surface area contributed by atoms with Gasteiger partial charge in [0, 0.05) is 21.7 Å². The number of hydrogen-bond acceptors (Lipinski definition) is 8. The van der Waals surface area contributed by atoms with Crippen molar-refractivity contribution in [3.63, 3.8) is 0 Å². The van der Waals surface area contributed by atoms with Gasteiger partial charge in [0.1, 0.15) is 6.10 Å². The van der Waals surface area contributed by atoms with Gasteiger partial charge in [0.2, 0.25) is 0 Å². The van der Waals surface area contributed by atoms with Crippen LogP contribution in [0.15, 0.2) is 0 Å². The third-order valence-corrected chi connectivity index (χ3v) is 9.54. The molecule has 0 aromatic heterocycles. The fraction of sp³-hybridized carbons (Fsp3) is 1.00. The molecule has 0 saturated carbocycles. The molecule has 8 nitrogen and oxygen atoms in total. The Hall–Kier alpha value is -0.320. The molecule has 4 aliphatic rings. The largest absolute Gasteiger partial charge is 0.380 e. The van der Waals surface area contributed by atoms with Crippen molar-refractivity contribution in [2.24, 2.45) is 21.7 Å². The van der Waals surface area contributed by atoms with Crippen LogP contribution in [-0.2, 0) is 37.9 Å². The Balaban J connectivity index is 1.60. The lowest BCUT2D eigenvalue weighted by molar-refractivity contribution is -0.444. The van der Waals surface area contributed by atoms with E-state index < -0.39 is 5.97 Å². The summed E-state index contributed by atoms with van der Waals surface area (Å²) in [5.41, 5.74) is 0.0325. The van der Waals surface area contributed by atoms with Crippen LogP contribution in [0.4, 0.5) is 0 Å². The van der Waals surface area contributed by atoms with Crippen LogP contribution in [0.25, 0.3) is 0 Å². The number of hydrogen-bond donors (Lipinski definition) is 0. The van der Waals surface area contributed by atoms with E-state index in [1.165, 1.54) is 0 Å². The Labute approximate surface area is 224 Å². The van der Waals surface area contributed by atoms with Crippen molar-refractivity contribution in [2.75, 3.05) is 79.3 Å². The molecule has 0 aromatic carbocycles. The van der Waals surface area contributed by atoms with Crippen LogP contribution >= 0.6 is 0 Å². The fourth-order valence-corrected chi connectivity index (χ4v) is 5.19. The average molecular weight is 529 g/mol. The van der Waals surface area contributed by atoms with Gasteiger partial charge in [0.15, 0.2) is 0 Å². The normalized spacial score (nSPS) is 25.9. The van der Waals surface area contributed by atoms with Crippen molar-refractivity contribution < 1.29 is 37.9 Å². The van der Waals surface area contributed by atoms with E-state index in [2.05, 4.69) is 34.6 Å². The van der Waals surface area contributed by atoms with Crippen LogP contribution in [0.2, 0.25) is 0 Å². The van der Waals surface area contributed by atoms with Gasteiger partial charge in [-0.25, -0.2) is 0 Å². The fourth-order valence-electron chi connectivity index (χ4n) is 5.19. The molecule has 4 heterocycles. The van der Waals surface area contributed by atoms with Crippen molar-refractivity contribution in [1.29, 1.82) is 0 Å². The molecule has 4 saturated heterocycles. The summed E-state index contributed by atoms with van der Waals surface area (Å²) in [7, 11) is 0. The number of rotatable bonds is 19. The first-order valence-electron chi connectivity index (χ1n) is 14.7. The summed E-state index contributed by atoms with van der Waals surface area (Å²) in [6.07, 6.45) is 5.32. The second kappa shape index (κ2) is 12.5. The van der Waals surface area contributed by atoms with Crippen LogP contribution in [0.1, 0.15) is 73.1 Å². The molecule has 8 heteroatoms. The summed E-state index contributed by atoms with van der Waals surface area (Å²) in [6.45, 7) is 18.8. The minimum absolute atomic E-state index is 0.00869. The minimum atomic E-state index is -1.30. The summed E-state index contributed by atoms with van der Waals surface area (Å²) in [4.78, 5) is 0. The molecule has 0 aliphatic carbocycles. The van der Waals surface area contributed by atoms with Crippen molar-refractivity contribution in [1.82, 2.24) is 0 Å². The van der Waals surface area contributed by atoms with Gasteiger partial charge in [0.25, 0.3) is 0 Å². The van der Waals surface area contributed by atoms with E-state index in [1.807, 2.05) is 0 Å². The molecule has 0 bridgehead atoms. The zero-order valence-electron chi connectivity index (χ0n) is 24.1. The monoisotopic (exact) mass is 528 g/mol. The summed E-state index contributed by atoms with van der Waals surface area (Å²) in [5, 5.41) is 0. The molecule has 4 fully saturated rings. The highest BCUT2D eigenvalue weighted by molar-refractivity contribution is 4.91. The first-order valence-corrected chi connectivity index (χ1v) is 14.7. The highest BCUT2D eigenvalue weighted by Gasteiger charge is 2.52. The third-order valence-electron chi connectivity index (χ3n) is 9.54. The standard InChI is InChI=1S/C29H52O8/c1-6-11-24(34-20-25(7-2)12-30-13-25)29(35-21-26(8-3)14-31-15-26,36-22-27(9-4)16-32-17-27)37-23-28(10-5)18-33-19-28/h24H,6-23H2,1-5H3. The second-order valence-electron chi connectivity index (χ2n) is 12.4. The highest BCUT2D eigenvalue weighted by atomic mass is 16.9. The lowest BCUT2D eigenvalue weighted by Crippen LogP contribution is -2.60. The van der Waals surface area contributed by atoms with Crippen LogP contribution < -0.4 is 0 Å². The molecule has 4 aliphatic heterocycles. The Morgan fingerprint density at radius 2 is 0.865 bits per heavy atom. The van der Waals surface area contributed by atoms with Crippen LogP contribution in [0.5, 0.6) is 0 Å². The van der Waals surface area contributed by atoms with E-state index in [0.717, 1.165) is 51.7 Å². The molecule has 4 rings (SSSR count). The maximum Gasteiger partial charge on any atom is 0.310 e. The van der Waals surface area contributed by atoms with Gasteiger partial charge < -0.3 is 37.9 Å². The highest BCUT2D eigenvalue weighted by Crippen LogP contribution is 2.42. The molecule has 0 N–H and O–H groups in total. The number of ether oxygens (including phenoxy) is 8. The van der Waals surface area contributed by atoms with E-state index in [-0.39, 0.29) is 27.8 Å². The second-order valence-corrected chi connectivity index (χ2v) is 12.4. The summed E-state index contributed by atoms with van der Waals surface area (Å²) >= 11 is 0. The molecular formula is C29H52O8. The minimum Gasteiger partial charge on any atom is -0.380 e. The Bertz CT molecular complexity index is 609. The Kier molecular flexibility index (Phi) is 9.99. The molecule has 216 valence electrons. The van der Waals surface area contributed by atoms with Crippen molar-refractivity contribution in [3.8, 4) is 0 Å². The van der Waals surface area contributed by atoms with E-state index >= 15 is 0 Å². The van der Waals surface area contributed by atoms with Gasteiger partial charge in [-0.3, -0.25) is 0 Å². The van der Waals surface area contributed by atoms with Crippen molar-refractivity contribution in [2.45, 2.75) is 85.2 Å². The van der Waals surface area contributed by atoms with Gasteiger partial charge in [-0.2, -0.15) is 0 Å². The maximum atomic E-state index is 6.85. The topological polar surface area (TPSA) is 73.8 Å². The van der Waals surface area contributed by atoms with E-state index in [4.69, 9.17) is 37.9 Å². The van der Waals surface area contributed by atoms with Gasteiger partial charge in [-0.15, -0.1) is 0 Å². The quantitative estimate of drug-likeness (QED) is 0.226. The van der Waals surface area contributed by atoms with Crippen LogP contribution in [-0.4, -0.2) is 91.4 Å². The SMILES string of the molecule is CCCC(OCC1(CC)COC1)C(OCC1(CC)COC1)(OCC1(CC)COC1)OCC1(CC)COC1. The Morgan fingerprint density at radius 3 is 1.11 bits per heavy atom. The molecule has 37 heavy (non-hydrogen) atoms. The predicted molar refractivity (Wildman–Crippen MR) is 139 cm³/mol. The zero-order valence-corrected chi connectivity index (χ0v) is 24.1. The lowest BCUT2D eigenvalue weighted by Gasteiger charge is -2.50. The van der Waals surface area contributed by atoms with E-state index in [9.17, 15) is 0 Å². The first-order chi connectivity index (χ1) is 17.9. The maximum absolute atomic E-state index is 6.85. The molecule has 1 unspecified atom stereocenters. The van der Waals surface area contributed by atoms with Gasteiger partial charge >= 0.3 is 5.97 Å². The predicted octanol–water partition coefficient (Wildman–Crippen LogP) is 4.58. The molecule has 0 spiro atoms. The van der Waals surface area contributed by atoms with Gasteiger partial charge in [-0.05, 0) is 32.1 Å². The molecule has 1 atom stereocenters. The van der Waals surface area contributed by atoms with E-state index in [1.54, 1.807) is 0 Å². The Morgan fingerprint density at radius 1 is 0.541 bits per heavy atom. The smallest absolute Gasteiger partial charge is 0.310 e. The van der Waals surface area contributed by atoms with Gasteiger partial charge in [0.05, 0.1) is 79.3 Å². The summed E-state index contributed by atoms with van der Waals surface area (Å²) in [5.74, 6) is -1.30. The van der Waals surface area contributed by atoms with Gasteiger partial charge in [-0.1, -0.05) is 41.0 Å². The van der Waals surface area contributed by atoms with Crippen molar-refractivity contribution in [3.05, 3.63) is 0 Å². The first kappa shape index (κ1) is 29.7. The molecular weight excluding hydrogens is 476 g/mol. The molecule has 0 aromatic rings. The zero-order chi connectivity index (χ0) is 26.5. The third kappa shape index (κ3) is 6.37. The van der Waals surface area contributed by atoms with Crippen LogP contribution in [0, 0.1) is 21.7 Å². The summed E-state index contributed by atoms with van der Waals surface area (Å²) < 4.78 is 49.7. The van der Waals surface area contributed by atoms with E-state index in [0.29, 0.717) is 66.1 Å². The lowest BCUT2D eigenvalue weighted by atomic mass is 9.83.